The van der Waals surface area contributed by atoms with Crippen LogP contribution in [-0.4, -0.2) is 46.9 Å². The van der Waals surface area contributed by atoms with Crippen molar-refractivity contribution in [2.45, 2.75) is 45.8 Å². The molecule has 212 valence electrons. The highest BCUT2D eigenvalue weighted by atomic mass is 35.5. The van der Waals surface area contributed by atoms with E-state index in [0.29, 0.717) is 10.0 Å². The maximum absolute atomic E-state index is 12.6. The highest BCUT2D eigenvalue weighted by molar-refractivity contribution is 6.42. The normalized spacial score (nSPS) is 15.2. The Hall–Kier alpha value is -2.71. The zero-order chi connectivity index (χ0) is 28.3. The first-order valence-electron chi connectivity index (χ1n) is 13.5. The summed E-state index contributed by atoms with van der Waals surface area (Å²) < 4.78 is 44.2. The number of ether oxygens (including phenoxy) is 1. The number of rotatable bonds is 9. The minimum Gasteiger partial charge on any atom is -0.406 e. The van der Waals surface area contributed by atoms with Crippen molar-refractivity contribution in [3.8, 4) is 16.9 Å². The first-order chi connectivity index (χ1) is 19.2. The molecular formula is C31H32Cl2F3N3O. The quantitative estimate of drug-likeness (QED) is 0.195. The summed E-state index contributed by atoms with van der Waals surface area (Å²) in [4.78, 5) is 4.89. The fourth-order valence-electron chi connectivity index (χ4n) is 5.28. The molecule has 1 aromatic heterocycles. The van der Waals surface area contributed by atoms with Crippen molar-refractivity contribution in [3.63, 3.8) is 0 Å². The fourth-order valence-corrected chi connectivity index (χ4v) is 5.60. The molecule has 0 bridgehead atoms. The molecule has 1 aliphatic heterocycles. The lowest BCUT2D eigenvalue weighted by molar-refractivity contribution is -0.274. The number of aromatic nitrogens is 1. The van der Waals surface area contributed by atoms with Crippen LogP contribution in [0.25, 0.3) is 22.0 Å². The van der Waals surface area contributed by atoms with Crippen LogP contribution < -0.4 is 4.74 Å². The zero-order valence-corrected chi connectivity index (χ0v) is 23.9. The third kappa shape index (κ3) is 7.13. The van der Waals surface area contributed by atoms with Crippen LogP contribution in [0.5, 0.6) is 5.75 Å². The molecule has 0 unspecified atom stereocenters. The SMILES string of the molecule is CCCCn1cc(-c2ccc(OC(F)(F)F)cc2)c2cc(CN3CCN(Cc4ccc(Cl)c(Cl)c4)CC3)ccc21. The van der Waals surface area contributed by atoms with Gasteiger partial charge in [-0.1, -0.05) is 60.8 Å². The molecule has 4 aromatic rings. The summed E-state index contributed by atoms with van der Waals surface area (Å²) in [5, 5.41) is 2.27. The average Bonchev–Trinajstić information content (AvgIpc) is 3.28. The molecule has 0 spiro atoms. The summed E-state index contributed by atoms with van der Waals surface area (Å²) >= 11 is 12.2. The van der Waals surface area contributed by atoms with E-state index in [1.165, 1.54) is 17.7 Å². The number of unbranched alkanes of at least 4 members (excludes halogenated alkanes) is 1. The van der Waals surface area contributed by atoms with Gasteiger partial charge in [0.05, 0.1) is 10.0 Å². The van der Waals surface area contributed by atoms with Crippen LogP contribution in [-0.2, 0) is 19.6 Å². The monoisotopic (exact) mass is 589 g/mol. The highest BCUT2D eigenvalue weighted by Gasteiger charge is 2.31. The van der Waals surface area contributed by atoms with Gasteiger partial charge in [-0.2, -0.15) is 0 Å². The average molecular weight is 591 g/mol. The van der Waals surface area contributed by atoms with Gasteiger partial charge in [0.25, 0.3) is 0 Å². The van der Waals surface area contributed by atoms with Gasteiger partial charge in [0.1, 0.15) is 5.75 Å². The molecule has 40 heavy (non-hydrogen) atoms. The van der Waals surface area contributed by atoms with E-state index in [2.05, 4.69) is 50.4 Å². The molecule has 3 aromatic carbocycles. The predicted octanol–water partition coefficient (Wildman–Crippen LogP) is 8.63. The zero-order valence-electron chi connectivity index (χ0n) is 22.4. The summed E-state index contributed by atoms with van der Waals surface area (Å²) in [6.45, 7) is 8.60. The topological polar surface area (TPSA) is 20.6 Å². The van der Waals surface area contributed by atoms with Crippen LogP contribution in [0.15, 0.2) is 66.9 Å². The molecule has 1 saturated heterocycles. The third-order valence-electron chi connectivity index (χ3n) is 7.36. The minimum atomic E-state index is -4.71. The Morgan fingerprint density at radius 3 is 2.02 bits per heavy atom. The molecular weight excluding hydrogens is 558 g/mol. The van der Waals surface area contributed by atoms with Crippen molar-refractivity contribution in [1.82, 2.24) is 14.4 Å². The van der Waals surface area contributed by atoms with E-state index in [1.807, 2.05) is 18.2 Å². The lowest BCUT2D eigenvalue weighted by Crippen LogP contribution is -2.45. The van der Waals surface area contributed by atoms with Gasteiger partial charge in [0.2, 0.25) is 0 Å². The molecule has 0 radical (unpaired) electrons. The van der Waals surface area contributed by atoms with Crippen molar-refractivity contribution in [3.05, 3.63) is 88.0 Å². The van der Waals surface area contributed by atoms with Gasteiger partial charge in [0.15, 0.2) is 0 Å². The van der Waals surface area contributed by atoms with Crippen molar-refractivity contribution in [2.75, 3.05) is 26.2 Å². The smallest absolute Gasteiger partial charge is 0.406 e. The van der Waals surface area contributed by atoms with Gasteiger partial charge in [-0.05, 0) is 59.5 Å². The second-order valence-corrected chi connectivity index (χ2v) is 11.1. The molecule has 5 rings (SSSR count). The van der Waals surface area contributed by atoms with Gasteiger partial charge >= 0.3 is 6.36 Å². The van der Waals surface area contributed by atoms with Gasteiger partial charge < -0.3 is 9.30 Å². The van der Waals surface area contributed by atoms with Gasteiger partial charge in [0, 0.05) is 68.5 Å². The number of halogens is 5. The molecule has 2 heterocycles. The first kappa shape index (κ1) is 28.8. The molecule has 0 amide bonds. The molecule has 0 N–H and O–H groups in total. The van der Waals surface area contributed by atoms with Crippen LogP contribution >= 0.6 is 23.2 Å². The Morgan fingerprint density at radius 2 is 1.43 bits per heavy atom. The second-order valence-electron chi connectivity index (χ2n) is 10.3. The maximum atomic E-state index is 12.6. The predicted molar refractivity (Wildman–Crippen MR) is 156 cm³/mol. The molecule has 0 saturated carbocycles. The first-order valence-corrected chi connectivity index (χ1v) is 14.3. The number of benzene rings is 3. The van der Waals surface area contributed by atoms with Crippen molar-refractivity contribution >= 4 is 34.1 Å². The second kappa shape index (κ2) is 12.4. The van der Waals surface area contributed by atoms with E-state index in [9.17, 15) is 13.2 Å². The number of aryl methyl sites for hydroxylation is 1. The third-order valence-corrected chi connectivity index (χ3v) is 8.10. The molecule has 0 aliphatic carbocycles. The maximum Gasteiger partial charge on any atom is 0.573 e. The molecule has 1 aliphatic rings. The van der Waals surface area contributed by atoms with Crippen molar-refractivity contribution in [2.24, 2.45) is 0 Å². The number of nitrogens with zero attached hydrogens (tertiary/aromatic N) is 3. The lowest BCUT2D eigenvalue weighted by Gasteiger charge is -2.34. The van der Waals surface area contributed by atoms with Crippen molar-refractivity contribution in [1.29, 1.82) is 0 Å². The fraction of sp³-hybridized carbons (Fsp3) is 0.355. The largest absolute Gasteiger partial charge is 0.573 e. The van der Waals surface area contributed by atoms with Crippen LogP contribution in [0.2, 0.25) is 10.0 Å². The van der Waals surface area contributed by atoms with E-state index in [-0.39, 0.29) is 5.75 Å². The van der Waals surface area contributed by atoms with Gasteiger partial charge in [-0.25, -0.2) is 0 Å². The Morgan fingerprint density at radius 1 is 0.800 bits per heavy atom. The minimum absolute atomic E-state index is 0.218. The number of alkyl halides is 3. The van der Waals surface area contributed by atoms with E-state index >= 15 is 0 Å². The summed E-state index contributed by atoms with van der Waals surface area (Å²) in [7, 11) is 0. The van der Waals surface area contributed by atoms with Crippen LogP contribution in [0, 0.1) is 0 Å². The highest BCUT2D eigenvalue weighted by Crippen LogP contribution is 2.34. The molecule has 0 atom stereocenters. The number of piperazine rings is 1. The Balaban J connectivity index is 1.30. The lowest BCUT2D eigenvalue weighted by atomic mass is 10.0. The van der Waals surface area contributed by atoms with Gasteiger partial charge in [-0.3, -0.25) is 9.80 Å². The molecule has 9 heteroatoms. The van der Waals surface area contributed by atoms with E-state index in [1.54, 1.807) is 12.1 Å². The Bertz CT molecular complexity index is 1440. The van der Waals surface area contributed by atoms with Crippen molar-refractivity contribution < 1.29 is 17.9 Å². The van der Waals surface area contributed by atoms with Gasteiger partial charge in [-0.15, -0.1) is 13.2 Å². The standard InChI is InChI=1S/C31H32Cl2F3N3O/c1-2-3-12-39-21-27(24-6-8-25(9-7-24)40-31(34,35)36)26-17-22(5-11-30(26)39)19-37-13-15-38(16-14-37)20-23-4-10-28(32)29(33)18-23/h4-11,17-18,21H,2-3,12-16,19-20H2,1H3. The van der Waals surface area contributed by atoms with E-state index in [4.69, 9.17) is 23.2 Å². The summed E-state index contributed by atoms with van der Waals surface area (Å²) in [5.74, 6) is -0.218. The number of hydrogen-bond acceptors (Lipinski definition) is 3. The summed E-state index contributed by atoms with van der Waals surface area (Å²) in [6, 6.07) is 18.5. The van der Waals surface area contributed by atoms with Crippen LogP contribution in [0.4, 0.5) is 13.2 Å². The Kier molecular flexibility index (Phi) is 8.95. The van der Waals surface area contributed by atoms with Crippen LogP contribution in [0.1, 0.15) is 30.9 Å². The summed E-state index contributed by atoms with van der Waals surface area (Å²) in [5.41, 5.74) is 5.39. The van der Waals surface area contributed by atoms with E-state index in [0.717, 1.165) is 86.2 Å². The Labute approximate surface area is 242 Å². The van der Waals surface area contributed by atoms with Crippen LogP contribution in [0.3, 0.4) is 0 Å². The molecule has 1 fully saturated rings. The summed E-state index contributed by atoms with van der Waals surface area (Å²) in [6.07, 6.45) is -0.462. The van der Waals surface area contributed by atoms with E-state index < -0.39 is 6.36 Å². The number of hydrogen-bond donors (Lipinski definition) is 0. The number of fused-ring (bicyclic) bond motifs is 1. The molecule has 4 nitrogen and oxygen atoms in total.